The van der Waals surface area contributed by atoms with Crippen LogP contribution in [0.1, 0.15) is 36.3 Å². The molecule has 3 saturated heterocycles. The van der Waals surface area contributed by atoms with E-state index in [9.17, 15) is 4.79 Å². The molecule has 0 aromatic heterocycles. The summed E-state index contributed by atoms with van der Waals surface area (Å²) in [6, 6.07) is 19.3. The monoisotopic (exact) mass is 481 g/mol. The minimum atomic E-state index is -0.112. The van der Waals surface area contributed by atoms with Crippen LogP contribution in [-0.2, 0) is 11.3 Å². The zero-order valence-electron chi connectivity index (χ0n) is 18.1. The molecule has 3 aliphatic rings. The summed E-state index contributed by atoms with van der Waals surface area (Å²) in [5, 5.41) is 3.61. The van der Waals surface area contributed by atoms with E-state index < -0.39 is 0 Å². The standard InChI is InChI=1S/C26H32BrN3O/c27-23-8-6-20(7-9-23)18-30-15-12-26(25(30)31)10-13-29(14-11-26)19-22-16-28-17-24(22)21-4-2-1-3-5-21/h1-9,22,24,28H,10-19H2. The highest BCUT2D eigenvalue weighted by Gasteiger charge is 2.48. The molecular formula is C26H32BrN3O. The van der Waals surface area contributed by atoms with Crippen molar-refractivity contribution in [2.75, 3.05) is 39.3 Å². The molecule has 1 N–H and O–H groups in total. The van der Waals surface area contributed by atoms with Crippen LogP contribution in [0.15, 0.2) is 59.1 Å². The van der Waals surface area contributed by atoms with Crippen LogP contribution in [0.4, 0.5) is 0 Å². The number of carbonyl (C=O) groups is 1. The number of benzene rings is 2. The average Bonchev–Trinajstić information content (AvgIpc) is 3.38. The first-order chi connectivity index (χ1) is 15.1. The van der Waals surface area contributed by atoms with Crippen molar-refractivity contribution in [1.82, 2.24) is 15.1 Å². The zero-order chi connectivity index (χ0) is 21.3. The smallest absolute Gasteiger partial charge is 0.229 e. The number of likely N-dealkylation sites (tertiary alicyclic amines) is 2. The molecule has 2 aromatic rings. The first-order valence-electron chi connectivity index (χ1n) is 11.6. The van der Waals surface area contributed by atoms with E-state index in [0.717, 1.165) is 69.5 Å². The van der Waals surface area contributed by atoms with Crippen LogP contribution in [0.25, 0.3) is 0 Å². The molecule has 3 heterocycles. The Balaban J connectivity index is 1.17. The fraction of sp³-hybridized carbons (Fsp3) is 0.500. The largest absolute Gasteiger partial charge is 0.338 e. The van der Waals surface area contributed by atoms with Gasteiger partial charge in [-0.05, 0) is 68.1 Å². The van der Waals surface area contributed by atoms with Crippen molar-refractivity contribution in [3.8, 4) is 0 Å². The maximum Gasteiger partial charge on any atom is 0.229 e. The highest BCUT2D eigenvalue weighted by atomic mass is 79.9. The van der Waals surface area contributed by atoms with Gasteiger partial charge in [-0.25, -0.2) is 0 Å². The molecule has 5 heteroatoms. The summed E-state index contributed by atoms with van der Waals surface area (Å²) < 4.78 is 1.08. The van der Waals surface area contributed by atoms with E-state index in [-0.39, 0.29) is 5.41 Å². The number of piperidine rings is 1. The van der Waals surface area contributed by atoms with Crippen LogP contribution in [-0.4, -0.2) is 55.0 Å². The average molecular weight is 482 g/mol. The Bertz CT molecular complexity index is 893. The molecule has 5 rings (SSSR count). The Morgan fingerprint density at radius 2 is 1.65 bits per heavy atom. The second-order valence-electron chi connectivity index (χ2n) is 9.62. The van der Waals surface area contributed by atoms with E-state index in [1.807, 2.05) is 0 Å². The number of halogens is 1. The lowest BCUT2D eigenvalue weighted by atomic mass is 9.76. The summed E-state index contributed by atoms with van der Waals surface area (Å²) >= 11 is 3.49. The third-order valence-electron chi connectivity index (χ3n) is 7.76. The van der Waals surface area contributed by atoms with Crippen molar-refractivity contribution in [3.05, 3.63) is 70.2 Å². The molecule has 2 atom stereocenters. The van der Waals surface area contributed by atoms with Gasteiger partial charge in [0.2, 0.25) is 5.91 Å². The molecule has 3 aliphatic heterocycles. The number of nitrogens with one attached hydrogen (secondary N) is 1. The fourth-order valence-corrected chi connectivity index (χ4v) is 6.09. The molecule has 0 radical (unpaired) electrons. The van der Waals surface area contributed by atoms with Gasteiger partial charge in [-0.15, -0.1) is 0 Å². The second-order valence-corrected chi connectivity index (χ2v) is 10.5. The van der Waals surface area contributed by atoms with Gasteiger partial charge in [0.15, 0.2) is 0 Å². The number of rotatable bonds is 5. The molecule has 1 amide bonds. The molecule has 0 bridgehead atoms. The lowest BCUT2D eigenvalue weighted by molar-refractivity contribution is -0.139. The summed E-state index contributed by atoms with van der Waals surface area (Å²) in [7, 11) is 0. The topological polar surface area (TPSA) is 35.6 Å². The van der Waals surface area contributed by atoms with Crippen molar-refractivity contribution < 1.29 is 4.79 Å². The van der Waals surface area contributed by atoms with Crippen molar-refractivity contribution in [3.63, 3.8) is 0 Å². The van der Waals surface area contributed by atoms with Crippen molar-refractivity contribution in [2.24, 2.45) is 11.3 Å². The fourth-order valence-electron chi connectivity index (χ4n) is 5.83. The predicted octanol–water partition coefficient (Wildman–Crippen LogP) is 4.27. The van der Waals surface area contributed by atoms with E-state index >= 15 is 0 Å². The van der Waals surface area contributed by atoms with Crippen LogP contribution in [0.5, 0.6) is 0 Å². The first kappa shape index (κ1) is 21.2. The second kappa shape index (κ2) is 9.05. The molecule has 2 aromatic carbocycles. The van der Waals surface area contributed by atoms with Gasteiger partial charge < -0.3 is 15.1 Å². The molecule has 164 valence electrons. The molecule has 1 spiro atoms. The first-order valence-corrected chi connectivity index (χ1v) is 12.4. The van der Waals surface area contributed by atoms with Gasteiger partial charge in [0.25, 0.3) is 0 Å². The summed E-state index contributed by atoms with van der Waals surface area (Å²) in [4.78, 5) is 18.0. The Morgan fingerprint density at radius 3 is 2.39 bits per heavy atom. The number of nitrogens with zero attached hydrogens (tertiary/aromatic N) is 2. The van der Waals surface area contributed by atoms with Gasteiger partial charge in [-0.1, -0.05) is 58.4 Å². The normalized spacial score (nSPS) is 26.1. The number of hydrogen-bond donors (Lipinski definition) is 1. The number of carbonyl (C=O) groups excluding carboxylic acids is 1. The van der Waals surface area contributed by atoms with E-state index in [1.165, 1.54) is 11.1 Å². The Kier molecular flexibility index (Phi) is 6.18. The molecule has 2 unspecified atom stereocenters. The van der Waals surface area contributed by atoms with Gasteiger partial charge in [0, 0.05) is 36.6 Å². The minimum absolute atomic E-state index is 0.112. The van der Waals surface area contributed by atoms with Crippen LogP contribution in [0, 0.1) is 11.3 Å². The van der Waals surface area contributed by atoms with Gasteiger partial charge in [-0.2, -0.15) is 0 Å². The molecular weight excluding hydrogens is 450 g/mol. The molecule has 0 saturated carbocycles. The highest BCUT2D eigenvalue weighted by molar-refractivity contribution is 9.10. The maximum atomic E-state index is 13.3. The summed E-state index contributed by atoms with van der Waals surface area (Å²) in [6.45, 7) is 7.06. The summed E-state index contributed by atoms with van der Waals surface area (Å²) in [5.74, 6) is 1.65. The van der Waals surface area contributed by atoms with Crippen molar-refractivity contribution in [1.29, 1.82) is 0 Å². The predicted molar refractivity (Wildman–Crippen MR) is 128 cm³/mol. The van der Waals surface area contributed by atoms with Crippen molar-refractivity contribution >= 4 is 21.8 Å². The Hall–Kier alpha value is -1.69. The van der Waals surface area contributed by atoms with E-state index in [2.05, 4.69) is 85.6 Å². The SMILES string of the molecule is O=C1N(Cc2ccc(Br)cc2)CCC12CCN(CC1CNCC1c1ccccc1)CC2. The lowest BCUT2D eigenvalue weighted by Crippen LogP contribution is -2.46. The van der Waals surface area contributed by atoms with Gasteiger partial charge in [0.1, 0.15) is 0 Å². The van der Waals surface area contributed by atoms with E-state index in [4.69, 9.17) is 0 Å². The van der Waals surface area contributed by atoms with Crippen LogP contribution >= 0.6 is 15.9 Å². The Labute approximate surface area is 194 Å². The lowest BCUT2D eigenvalue weighted by Gasteiger charge is -2.39. The minimum Gasteiger partial charge on any atom is -0.338 e. The molecule has 4 nitrogen and oxygen atoms in total. The quantitative estimate of drug-likeness (QED) is 0.692. The van der Waals surface area contributed by atoms with Crippen LogP contribution in [0.3, 0.4) is 0 Å². The third-order valence-corrected chi connectivity index (χ3v) is 8.29. The number of amides is 1. The molecule has 31 heavy (non-hydrogen) atoms. The maximum absolute atomic E-state index is 13.3. The van der Waals surface area contributed by atoms with E-state index in [0.29, 0.717) is 17.7 Å². The molecule has 0 aliphatic carbocycles. The summed E-state index contributed by atoms with van der Waals surface area (Å²) in [5.41, 5.74) is 2.56. The van der Waals surface area contributed by atoms with Gasteiger partial charge in [-0.3, -0.25) is 4.79 Å². The van der Waals surface area contributed by atoms with Crippen LogP contribution in [0.2, 0.25) is 0 Å². The van der Waals surface area contributed by atoms with Gasteiger partial charge in [0.05, 0.1) is 5.41 Å². The molecule has 3 fully saturated rings. The highest BCUT2D eigenvalue weighted by Crippen LogP contribution is 2.42. The van der Waals surface area contributed by atoms with Gasteiger partial charge >= 0.3 is 0 Å². The zero-order valence-corrected chi connectivity index (χ0v) is 19.7. The van der Waals surface area contributed by atoms with E-state index in [1.54, 1.807) is 0 Å². The van der Waals surface area contributed by atoms with Crippen molar-refractivity contribution in [2.45, 2.75) is 31.7 Å². The Morgan fingerprint density at radius 1 is 0.935 bits per heavy atom. The summed E-state index contributed by atoms with van der Waals surface area (Å²) in [6.07, 6.45) is 3.05. The third kappa shape index (κ3) is 4.46. The van der Waals surface area contributed by atoms with Crippen LogP contribution < -0.4 is 5.32 Å². The number of hydrogen-bond acceptors (Lipinski definition) is 3.